The highest BCUT2D eigenvalue weighted by Crippen LogP contribution is 2.55. The minimum Gasteiger partial charge on any atom is -1.00 e. The Balaban J connectivity index is 0.00000208. The largest absolute Gasteiger partial charge is 1.00 e. The molecule has 0 spiro atoms. The van der Waals surface area contributed by atoms with Crippen molar-refractivity contribution in [3.8, 4) is 0 Å². The Morgan fingerprint density at radius 1 is 0.958 bits per heavy atom. The molecule has 1 atom stereocenters. The van der Waals surface area contributed by atoms with E-state index in [4.69, 9.17) is 0 Å². The first kappa shape index (κ1) is 19.6. The van der Waals surface area contributed by atoms with Gasteiger partial charge in [-0.1, -0.05) is 46.1 Å². The van der Waals surface area contributed by atoms with Crippen LogP contribution in [0.1, 0.15) is 69.2 Å². The molecule has 3 rings (SSSR count). The number of benzene rings is 1. The SMILES string of the molecule is CC(C)(C)c1ccc2cc(C3CCCCC3)[s+](C(F)(F)F)c2c1.[Cl-]. The van der Waals surface area contributed by atoms with Gasteiger partial charge < -0.3 is 12.4 Å². The number of alkyl halides is 3. The molecule has 5 heteroatoms. The average Bonchev–Trinajstić information content (AvgIpc) is 2.85. The molecule has 0 N–H and O–H groups in total. The zero-order chi connectivity index (χ0) is 16.8. The number of hydrogen-bond acceptors (Lipinski definition) is 0. The third-order valence-electron chi connectivity index (χ3n) is 4.87. The van der Waals surface area contributed by atoms with Gasteiger partial charge in [0.15, 0.2) is 9.58 Å². The van der Waals surface area contributed by atoms with E-state index in [-0.39, 0.29) is 23.7 Å². The maximum absolute atomic E-state index is 13.8. The maximum Gasteiger partial charge on any atom is 0.600 e. The fourth-order valence-electron chi connectivity index (χ4n) is 3.57. The van der Waals surface area contributed by atoms with E-state index in [1.165, 1.54) is 0 Å². The Labute approximate surface area is 150 Å². The van der Waals surface area contributed by atoms with Gasteiger partial charge in [0.25, 0.3) is 0 Å². The molecule has 1 aliphatic rings. The van der Waals surface area contributed by atoms with Gasteiger partial charge in [-0.2, -0.15) is 0 Å². The minimum atomic E-state index is -4.18. The van der Waals surface area contributed by atoms with Crippen LogP contribution >= 0.6 is 10.5 Å². The van der Waals surface area contributed by atoms with Gasteiger partial charge in [0.1, 0.15) is 0 Å². The zero-order valence-corrected chi connectivity index (χ0v) is 15.9. The molecule has 0 aliphatic heterocycles. The van der Waals surface area contributed by atoms with E-state index in [9.17, 15) is 13.2 Å². The first-order chi connectivity index (χ1) is 10.7. The van der Waals surface area contributed by atoms with E-state index in [1.807, 2.05) is 39.0 Å². The molecule has 134 valence electrons. The molecular weight excluding hydrogens is 353 g/mol. The normalized spacial score (nSPS) is 17.8. The van der Waals surface area contributed by atoms with Crippen molar-refractivity contribution in [3.05, 3.63) is 34.7 Å². The van der Waals surface area contributed by atoms with Crippen LogP contribution in [0.3, 0.4) is 0 Å². The summed E-state index contributed by atoms with van der Waals surface area (Å²) in [5.74, 6) is 0.110. The Hall–Kier alpha value is -0.740. The van der Waals surface area contributed by atoms with Gasteiger partial charge in [-0.3, -0.25) is 0 Å². The number of fused-ring (bicyclic) bond motifs is 1. The van der Waals surface area contributed by atoms with Crippen LogP contribution in [0.2, 0.25) is 0 Å². The highest BCUT2D eigenvalue weighted by Gasteiger charge is 2.49. The topological polar surface area (TPSA) is 0 Å². The third kappa shape index (κ3) is 3.75. The summed E-state index contributed by atoms with van der Waals surface area (Å²) in [6, 6.07) is 7.52. The lowest BCUT2D eigenvalue weighted by atomic mass is 9.86. The zero-order valence-electron chi connectivity index (χ0n) is 14.3. The molecule has 1 heterocycles. The van der Waals surface area contributed by atoms with Gasteiger partial charge in [-0.15, -0.1) is 13.2 Å². The van der Waals surface area contributed by atoms with Crippen LogP contribution in [0.15, 0.2) is 24.3 Å². The number of thiophene rings is 1. The van der Waals surface area contributed by atoms with Crippen molar-refractivity contribution in [2.24, 2.45) is 0 Å². The first-order valence-corrected chi connectivity index (χ1v) is 9.57. The molecule has 2 aromatic rings. The van der Waals surface area contributed by atoms with Crippen molar-refractivity contribution in [1.29, 1.82) is 0 Å². The summed E-state index contributed by atoms with van der Waals surface area (Å²) in [5, 5.41) is 0.777. The highest BCUT2D eigenvalue weighted by atomic mass is 35.5. The third-order valence-corrected chi connectivity index (χ3v) is 7.05. The lowest BCUT2D eigenvalue weighted by Gasteiger charge is -2.19. The maximum atomic E-state index is 13.8. The minimum absolute atomic E-state index is 0. The van der Waals surface area contributed by atoms with Crippen molar-refractivity contribution >= 4 is 20.6 Å². The van der Waals surface area contributed by atoms with E-state index in [0.717, 1.165) is 43.1 Å². The van der Waals surface area contributed by atoms with E-state index >= 15 is 0 Å². The average molecular weight is 377 g/mol. The summed E-state index contributed by atoms with van der Waals surface area (Å²) in [6.07, 6.45) is 5.09. The van der Waals surface area contributed by atoms with Gasteiger partial charge in [-0.05, 0) is 29.9 Å². The van der Waals surface area contributed by atoms with Crippen LogP contribution in [0.25, 0.3) is 10.1 Å². The quantitative estimate of drug-likeness (QED) is 0.646. The molecule has 1 unspecified atom stereocenters. The summed E-state index contributed by atoms with van der Waals surface area (Å²) in [6.45, 7) is 6.14. The second-order valence-corrected chi connectivity index (χ2v) is 9.62. The van der Waals surface area contributed by atoms with E-state index in [2.05, 4.69) is 0 Å². The molecule has 24 heavy (non-hydrogen) atoms. The van der Waals surface area contributed by atoms with Gasteiger partial charge in [0.05, 0.1) is 10.5 Å². The van der Waals surface area contributed by atoms with Crippen LogP contribution in [-0.2, 0) is 10.9 Å². The Morgan fingerprint density at radius 2 is 1.58 bits per heavy atom. The number of halogens is 4. The monoisotopic (exact) mass is 376 g/mol. The van der Waals surface area contributed by atoms with Crippen LogP contribution < -0.4 is 12.4 Å². The van der Waals surface area contributed by atoms with Gasteiger partial charge >= 0.3 is 5.51 Å². The highest BCUT2D eigenvalue weighted by molar-refractivity contribution is 7.38. The summed E-state index contributed by atoms with van der Waals surface area (Å²) in [5.41, 5.74) is -3.33. The first-order valence-electron chi connectivity index (χ1n) is 8.35. The van der Waals surface area contributed by atoms with E-state index in [0.29, 0.717) is 9.58 Å². The van der Waals surface area contributed by atoms with Crippen LogP contribution in [0.4, 0.5) is 13.2 Å². The molecule has 0 saturated heterocycles. The molecule has 0 radical (unpaired) electrons. The molecule has 1 saturated carbocycles. The second-order valence-electron chi connectivity index (χ2n) is 7.64. The summed E-state index contributed by atoms with van der Waals surface area (Å²) in [7, 11) is -1.74. The summed E-state index contributed by atoms with van der Waals surface area (Å²) in [4.78, 5) is 0.637. The number of rotatable bonds is 1. The van der Waals surface area contributed by atoms with Gasteiger partial charge in [0, 0.05) is 23.4 Å². The van der Waals surface area contributed by atoms with Crippen molar-refractivity contribution in [1.82, 2.24) is 0 Å². The Bertz CT molecular complexity index is 704. The van der Waals surface area contributed by atoms with Crippen LogP contribution in [-0.4, -0.2) is 0 Å². The molecule has 1 aromatic carbocycles. The number of hydrogen-bond donors (Lipinski definition) is 0. The molecule has 1 aliphatic carbocycles. The van der Waals surface area contributed by atoms with Crippen LogP contribution in [0, 0.1) is 0 Å². The van der Waals surface area contributed by atoms with Crippen molar-refractivity contribution < 1.29 is 25.6 Å². The molecule has 1 fully saturated rings. The van der Waals surface area contributed by atoms with Crippen molar-refractivity contribution in [2.75, 3.05) is 0 Å². The standard InChI is InChI=1S/C19H24F3S.ClH/c1-18(2,3)15-10-9-14-11-16(13-7-5-4-6-8-13)23(17(14)12-15)19(20,21)22;/h9-13H,4-8H2,1-3H3;1H/q+1;/p-1. The molecule has 0 nitrogen and oxygen atoms in total. The summed E-state index contributed by atoms with van der Waals surface area (Å²) < 4.78 is 42.0. The molecule has 1 aromatic heterocycles. The predicted molar refractivity (Wildman–Crippen MR) is 92.3 cm³/mol. The second kappa shape index (κ2) is 6.87. The Morgan fingerprint density at radius 3 is 2.12 bits per heavy atom. The lowest BCUT2D eigenvalue weighted by molar-refractivity contribution is -0.0868. The smallest absolute Gasteiger partial charge is 0.600 e. The fourth-order valence-corrected chi connectivity index (χ4v) is 5.76. The van der Waals surface area contributed by atoms with Gasteiger partial charge in [-0.25, -0.2) is 0 Å². The molecule has 0 bridgehead atoms. The molecular formula is C19H24ClF3S. The molecule has 0 amide bonds. The van der Waals surface area contributed by atoms with Crippen LogP contribution in [0.5, 0.6) is 0 Å². The van der Waals surface area contributed by atoms with Crippen molar-refractivity contribution in [3.63, 3.8) is 0 Å². The fraction of sp³-hybridized carbons (Fsp3) is 0.579. The van der Waals surface area contributed by atoms with E-state index in [1.54, 1.807) is 6.07 Å². The van der Waals surface area contributed by atoms with Crippen molar-refractivity contribution in [2.45, 2.75) is 69.7 Å². The summed E-state index contributed by atoms with van der Waals surface area (Å²) >= 11 is 0. The van der Waals surface area contributed by atoms with Gasteiger partial charge in [0.2, 0.25) is 0 Å². The Kier molecular flexibility index (Phi) is 5.61. The van der Waals surface area contributed by atoms with E-state index < -0.39 is 16.0 Å². The lowest BCUT2D eigenvalue weighted by Crippen LogP contribution is -3.00. The predicted octanol–water partition coefficient (Wildman–Crippen LogP) is 4.41.